The van der Waals surface area contributed by atoms with Crippen LogP contribution >= 0.6 is 0 Å². The summed E-state index contributed by atoms with van der Waals surface area (Å²) in [5.74, 6) is -0.592. The molecule has 0 spiro atoms. The first kappa shape index (κ1) is 15.2. The summed E-state index contributed by atoms with van der Waals surface area (Å²) in [5, 5.41) is 0. The zero-order chi connectivity index (χ0) is 15.4. The van der Waals surface area contributed by atoms with Gasteiger partial charge < -0.3 is 10.6 Å². The molecule has 2 N–H and O–H groups in total. The normalized spacial score (nSPS) is 16.0. The van der Waals surface area contributed by atoms with Crippen molar-refractivity contribution in [3.63, 3.8) is 0 Å². The lowest BCUT2D eigenvalue weighted by atomic mass is 9.96. The number of piperidine rings is 1. The predicted molar refractivity (Wildman–Crippen MR) is 76.4 cm³/mol. The number of amides is 2. The summed E-state index contributed by atoms with van der Waals surface area (Å²) in [6.45, 7) is 2.90. The maximum atomic E-state index is 12.2. The Morgan fingerprint density at radius 1 is 1.38 bits per heavy atom. The molecule has 1 saturated heterocycles. The number of nitrogens with zero attached hydrogens (tertiary/aromatic N) is 3. The fourth-order valence-corrected chi connectivity index (χ4v) is 2.43. The Hall–Kier alpha value is -2.18. The molecule has 21 heavy (non-hydrogen) atoms. The van der Waals surface area contributed by atoms with E-state index in [-0.39, 0.29) is 29.8 Å². The zero-order valence-corrected chi connectivity index (χ0v) is 12.1. The number of aromatic nitrogens is 2. The van der Waals surface area contributed by atoms with Crippen LogP contribution in [0.1, 0.15) is 25.5 Å². The van der Waals surface area contributed by atoms with Gasteiger partial charge in [0, 0.05) is 30.8 Å². The fraction of sp³-hybridized carbons (Fsp3) is 0.571. The molecule has 7 nitrogen and oxygen atoms in total. The van der Waals surface area contributed by atoms with Gasteiger partial charge in [0.2, 0.25) is 11.8 Å². The minimum absolute atomic E-state index is 0.0168. The monoisotopic (exact) mass is 292 g/mol. The Morgan fingerprint density at radius 2 is 2.05 bits per heavy atom. The second-order valence-corrected chi connectivity index (χ2v) is 5.26. The number of hydrogen-bond donors (Lipinski definition) is 1. The molecular formula is C14H20N4O3. The van der Waals surface area contributed by atoms with Gasteiger partial charge in [-0.2, -0.15) is 0 Å². The topological polar surface area (TPSA) is 98.3 Å². The number of carbonyl (C=O) groups excluding carboxylic acids is 2. The highest BCUT2D eigenvalue weighted by atomic mass is 16.2. The number of likely N-dealkylation sites (tertiary alicyclic amines) is 1. The highest BCUT2D eigenvalue weighted by molar-refractivity contribution is 5.78. The Morgan fingerprint density at radius 3 is 2.57 bits per heavy atom. The number of hydrogen-bond acceptors (Lipinski definition) is 4. The van der Waals surface area contributed by atoms with Crippen molar-refractivity contribution in [1.82, 2.24) is 14.5 Å². The van der Waals surface area contributed by atoms with Crippen LogP contribution in [0.15, 0.2) is 17.2 Å². The van der Waals surface area contributed by atoms with Crippen molar-refractivity contribution in [2.24, 2.45) is 11.7 Å². The maximum absolute atomic E-state index is 12.2. The SMILES string of the molecule is CCc1cc(=O)n(CC(=O)N2CCC(C(N)=O)CC2)cn1. The molecule has 1 aromatic rings. The molecular weight excluding hydrogens is 272 g/mol. The van der Waals surface area contributed by atoms with Gasteiger partial charge in [0.15, 0.2) is 0 Å². The molecule has 1 aliphatic heterocycles. The largest absolute Gasteiger partial charge is 0.369 e. The molecule has 7 heteroatoms. The van der Waals surface area contributed by atoms with E-state index in [4.69, 9.17) is 5.73 Å². The van der Waals surface area contributed by atoms with Crippen LogP contribution in [-0.4, -0.2) is 39.4 Å². The van der Waals surface area contributed by atoms with Crippen LogP contribution in [0, 0.1) is 5.92 Å². The van der Waals surface area contributed by atoms with Crippen molar-refractivity contribution in [2.45, 2.75) is 32.7 Å². The van der Waals surface area contributed by atoms with Crippen LogP contribution in [0.25, 0.3) is 0 Å². The summed E-state index contributed by atoms with van der Waals surface area (Å²) in [6.07, 6.45) is 3.27. The lowest BCUT2D eigenvalue weighted by Crippen LogP contribution is -2.43. The quantitative estimate of drug-likeness (QED) is 0.811. The lowest BCUT2D eigenvalue weighted by molar-refractivity contribution is -0.135. The molecule has 0 atom stereocenters. The van der Waals surface area contributed by atoms with Gasteiger partial charge >= 0.3 is 0 Å². The summed E-state index contributed by atoms with van der Waals surface area (Å²) in [7, 11) is 0. The van der Waals surface area contributed by atoms with E-state index in [1.165, 1.54) is 17.0 Å². The number of primary amides is 1. The van der Waals surface area contributed by atoms with Gasteiger partial charge in [0.25, 0.3) is 5.56 Å². The first-order valence-corrected chi connectivity index (χ1v) is 7.13. The van der Waals surface area contributed by atoms with E-state index < -0.39 is 0 Å². The van der Waals surface area contributed by atoms with Crippen LogP contribution in [0.4, 0.5) is 0 Å². The molecule has 114 valence electrons. The fourth-order valence-electron chi connectivity index (χ4n) is 2.43. The number of aryl methyl sites for hydroxylation is 1. The van der Waals surface area contributed by atoms with Crippen LogP contribution in [0.3, 0.4) is 0 Å². The van der Waals surface area contributed by atoms with E-state index in [1.54, 1.807) is 4.90 Å². The van der Waals surface area contributed by atoms with Crippen molar-refractivity contribution in [3.8, 4) is 0 Å². The van der Waals surface area contributed by atoms with E-state index in [0.29, 0.717) is 38.0 Å². The standard InChI is InChI=1S/C14H20N4O3/c1-2-11-7-12(19)18(9-16-11)8-13(20)17-5-3-10(4-6-17)14(15)21/h7,9-10H,2-6,8H2,1H3,(H2,15,21). The van der Waals surface area contributed by atoms with Crippen molar-refractivity contribution >= 4 is 11.8 Å². The molecule has 0 saturated carbocycles. The maximum Gasteiger partial charge on any atom is 0.253 e. The molecule has 1 aromatic heterocycles. The Bertz CT molecular complexity index is 588. The van der Waals surface area contributed by atoms with Gasteiger partial charge in [0.1, 0.15) is 6.54 Å². The summed E-state index contributed by atoms with van der Waals surface area (Å²) in [4.78, 5) is 40.9. The Labute approximate surface area is 122 Å². The van der Waals surface area contributed by atoms with Crippen molar-refractivity contribution < 1.29 is 9.59 Å². The van der Waals surface area contributed by atoms with Gasteiger partial charge in [-0.3, -0.25) is 19.0 Å². The molecule has 2 amide bonds. The molecule has 0 aliphatic carbocycles. The Kier molecular flexibility index (Phi) is 4.72. The second kappa shape index (κ2) is 6.51. The highest BCUT2D eigenvalue weighted by Crippen LogP contribution is 2.16. The van der Waals surface area contributed by atoms with E-state index >= 15 is 0 Å². The van der Waals surface area contributed by atoms with Gasteiger partial charge in [-0.25, -0.2) is 4.98 Å². The van der Waals surface area contributed by atoms with E-state index in [2.05, 4.69) is 4.98 Å². The third-order valence-electron chi connectivity index (χ3n) is 3.85. The molecule has 1 fully saturated rings. The molecule has 2 rings (SSSR count). The average Bonchev–Trinajstić information content (AvgIpc) is 2.49. The summed E-state index contributed by atoms with van der Waals surface area (Å²) in [5.41, 5.74) is 5.76. The molecule has 2 heterocycles. The second-order valence-electron chi connectivity index (χ2n) is 5.26. The first-order chi connectivity index (χ1) is 10.0. The number of rotatable bonds is 4. The van der Waals surface area contributed by atoms with Gasteiger partial charge in [-0.05, 0) is 19.3 Å². The number of nitrogens with two attached hydrogens (primary N) is 1. The summed E-state index contributed by atoms with van der Waals surface area (Å²) in [6, 6.07) is 1.45. The third-order valence-corrected chi connectivity index (χ3v) is 3.85. The zero-order valence-electron chi connectivity index (χ0n) is 12.1. The third kappa shape index (κ3) is 3.68. The lowest BCUT2D eigenvalue weighted by Gasteiger charge is -2.30. The summed E-state index contributed by atoms with van der Waals surface area (Å²) < 4.78 is 1.31. The Balaban J connectivity index is 1.96. The van der Waals surface area contributed by atoms with E-state index in [0.717, 1.165) is 0 Å². The van der Waals surface area contributed by atoms with Crippen molar-refractivity contribution in [3.05, 3.63) is 28.4 Å². The van der Waals surface area contributed by atoms with E-state index in [9.17, 15) is 14.4 Å². The minimum atomic E-state index is -0.308. The molecule has 0 radical (unpaired) electrons. The van der Waals surface area contributed by atoms with Crippen LogP contribution in [-0.2, 0) is 22.6 Å². The highest BCUT2D eigenvalue weighted by Gasteiger charge is 2.25. The molecule has 0 bridgehead atoms. The van der Waals surface area contributed by atoms with Crippen LogP contribution < -0.4 is 11.3 Å². The van der Waals surface area contributed by atoms with Gasteiger partial charge in [-0.15, -0.1) is 0 Å². The van der Waals surface area contributed by atoms with Gasteiger partial charge in [0.05, 0.1) is 6.33 Å². The smallest absolute Gasteiger partial charge is 0.253 e. The number of carbonyl (C=O) groups is 2. The first-order valence-electron chi connectivity index (χ1n) is 7.13. The predicted octanol–water partition coefficient (Wildman–Crippen LogP) is -0.470. The van der Waals surface area contributed by atoms with E-state index in [1.807, 2.05) is 6.92 Å². The molecule has 1 aliphatic rings. The van der Waals surface area contributed by atoms with Crippen molar-refractivity contribution in [2.75, 3.05) is 13.1 Å². The molecule has 0 unspecified atom stereocenters. The van der Waals surface area contributed by atoms with Crippen molar-refractivity contribution in [1.29, 1.82) is 0 Å². The average molecular weight is 292 g/mol. The van der Waals surface area contributed by atoms with Crippen LogP contribution in [0.5, 0.6) is 0 Å². The minimum Gasteiger partial charge on any atom is -0.369 e. The van der Waals surface area contributed by atoms with Crippen LogP contribution in [0.2, 0.25) is 0 Å². The summed E-state index contributed by atoms with van der Waals surface area (Å²) >= 11 is 0. The van der Waals surface area contributed by atoms with Gasteiger partial charge in [-0.1, -0.05) is 6.92 Å². The molecule has 0 aromatic carbocycles.